The van der Waals surface area contributed by atoms with Crippen LogP contribution in [0.15, 0.2) is 30.5 Å². The van der Waals surface area contributed by atoms with E-state index in [4.69, 9.17) is 5.73 Å². The second kappa shape index (κ2) is 4.62. The van der Waals surface area contributed by atoms with Gasteiger partial charge in [-0.05, 0) is 48.9 Å². The van der Waals surface area contributed by atoms with E-state index in [0.29, 0.717) is 5.92 Å². The van der Waals surface area contributed by atoms with Gasteiger partial charge in [0.1, 0.15) is 0 Å². The smallest absolute Gasteiger partial charge is 0.0379 e. The number of pyridine rings is 1. The number of rotatable bonds is 3. The van der Waals surface area contributed by atoms with Crippen molar-refractivity contribution in [1.82, 2.24) is 4.98 Å². The molecule has 0 saturated carbocycles. The molecular formula is C14H18N2. The van der Waals surface area contributed by atoms with E-state index in [2.05, 4.69) is 36.2 Å². The van der Waals surface area contributed by atoms with Gasteiger partial charge in [0, 0.05) is 17.3 Å². The average molecular weight is 214 g/mol. The molecule has 0 bridgehead atoms. The van der Waals surface area contributed by atoms with Gasteiger partial charge in [-0.1, -0.05) is 19.1 Å². The minimum Gasteiger partial charge on any atom is -0.330 e. The lowest BCUT2D eigenvalue weighted by atomic mass is 9.96. The third-order valence-electron chi connectivity index (χ3n) is 3.05. The molecule has 1 heterocycles. The summed E-state index contributed by atoms with van der Waals surface area (Å²) in [6.45, 7) is 4.98. The average Bonchev–Trinajstić information content (AvgIpc) is 2.28. The number of fused-ring (bicyclic) bond motifs is 1. The van der Waals surface area contributed by atoms with Gasteiger partial charge in [-0.3, -0.25) is 4.98 Å². The summed E-state index contributed by atoms with van der Waals surface area (Å²) in [4.78, 5) is 4.33. The maximum absolute atomic E-state index is 5.59. The van der Waals surface area contributed by atoms with E-state index in [0.717, 1.165) is 18.7 Å². The first-order valence-electron chi connectivity index (χ1n) is 5.77. The molecule has 2 nitrogen and oxygen atoms in total. The molecule has 0 radical (unpaired) electrons. The van der Waals surface area contributed by atoms with Crippen molar-refractivity contribution in [2.24, 2.45) is 5.73 Å². The van der Waals surface area contributed by atoms with Crippen LogP contribution in [-0.4, -0.2) is 11.5 Å². The first-order valence-corrected chi connectivity index (χ1v) is 5.77. The summed E-state index contributed by atoms with van der Waals surface area (Å²) >= 11 is 0. The zero-order valence-electron chi connectivity index (χ0n) is 9.90. The topological polar surface area (TPSA) is 38.9 Å². The molecule has 0 aliphatic rings. The Hall–Kier alpha value is -1.41. The van der Waals surface area contributed by atoms with Crippen LogP contribution < -0.4 is 5.73 Å². The summed E-state index contributed by atoms with van der Waals surface area (Å²) in [5.41, 5.74) is 8.00. The molecule has 1 aromatic carbocycles. The van der Waals surface area contributed by atoms with E-state index in [9.17, 15) is 0 Å². The Kier molecular flexibility index (Phi) is 3.20. The van der Waals surface area contributed by atoms with Gasteiger partial charge >= 0.3 is 0 Å². The largest absolute Gasteiger partial charge is 0.330 e. The number of aromatic nitrogens is 1. The van der Waals surface area contributed by atoms with Crippen LogP contribution in [-0.2, 0) is 0 Å². The van der Waals surface area contributed by atoms with Crippen LogP contribution in [0.1, 0.15) is 30.5 Å². The highest BCUT2D eigenvalue weighted by Crippen LogP contribution is 2.23. The van der Waals surface area contributed by atoms with Gasteiger partial charge in [-0.25, -0.2) is 0 Å². The first kappa shape index (κ1) is 11.1. The maximum atomic E-state index is 5.59. The Labute approximate surface area is 96.5 Å². The van der Waals surface area contributed by atoms with Crippen LogP contribution in [0.3, 0.4) is 0 Å². The van der Waals surface area contributed by atoms with E-state index in [1.807, 2.05) is 13.1 Å². The van der Waals surface area contributed by atoms with E-state index >= 15 is 0 Å². The van der Waals surface area contributed by atoms with Gasteiger partial charge in [0.05, 0.1) is 0 Å². The molecule has 2 rings (SSSR count). The van der Waals surface area contributed by atoms with Gasteiger partial charge in [0.15, 0.2) is 0 Å². The third kappa shape index (κ3) is 2.22. The van der Waals surface area contributed by atoms with Crippen molar-refractivity contribution in [2.45, 2.75) is 26.2 Å². The maximum Gasteiger partial charge on any atom is 0.0379 e. The van der Waals surface area contributed by atoms with Crippen molar-refractivity contribution in [2.75, 3.05) is 6.54 Å². The van der Waals surface area contributed by atoms with Crippen molar-refractivity contribution < 1.29 is 0 Å². The summed E-state index contributed by atoms with van der Waals surface area (Å²) in [6.07, 6.45) is 2.98. The van der Waals surface area contributed by atoms with Gasteiger partial charge < -0.3 is 5.73 Å². The van der Waals surface area contributed by atoms with Gasteiger partial charge in [0.25, 0.3) is 0 Å². The van der Waals surface area contributed by atoms with E-state index in [1.165, 1.54) is 16.3 Å². The monoisotopic (exact) mass is 214 g/mol. The fourth-order valence-electron chi connectivity index (χ4n) is 1.99. The Balaban J connectivity index is 2.40. The molecule has 0 spiro atoms. The molecule has 0 amide bonds. The van der Waals surface area contributed by atoms with Crippen LogP contribution in [0.2, 0.25) is 0 Å². The van der Waals surface area contributed by atoms with Crippen LogP contribution in [0.25, 0.3) is 10.8 Å². The molecule has 0 aliphatic heterocycles. The normalized spacial score (nSPS) is 12.9. The SMILES string of the molecule is Cc1cc2ccc(C(C)CCN)cc2cn1. The fourth-order valence-corrected chi connectivity index (χ4v) is 1.99. The van der Waals surface area contributed by atoms with Crippen LogP contribution in [0.5, 0.6) is 0 Å². The number of benzene rings is 1. The van der Waals surface area contributed by atoms with Gasteiger partial charge in [-0.2, -0.15) is 0 Å². The molecule has 84 valence electrons. The minimum absolute atomic E-state index is 0.524. The lowest BCUT2D eigenvalue weighted by molar-refractivity contribution is 0.691. The minimum atomic E-state index is 0.524. The molecule has 16 heavy (non-hydrogen) atoms. The number of hydrogen-bond donors (Lipinski definition) is 1. The molecule has 0 aliphatic carbocycles. The number of hydrogen-bond acceptors (Lipinski definition) is 2. The Morgan fingerprint density at radius 1 is 1.25 bits per heavy atom. The van der Waals surface area contributed by atoms with E-state index < -0.39 is 0 Å². The Bertz CT molecular complexity index is 491. The summed E-state index contributed by atoms with van der Waals surface area (Å²) < 4.78 is 0. The summed E-state index contributed by atoms with van der Waals surface area (Å²) in [5.74, 6) is 0.524. The van der Waals surface area contributed by atoms with Gasteiger partial charge in [-0.15, -0.1) is 0 Å². The standard InChI is InChI=1S/C14H18N2/c1-10(5-6-15)12-3-4-13-7-11(2)16-9-14(13)8-12/h3-4,7-10H,5-6,15H2,1-2H3. The van der Waals surface area contributed by atoms with Crippen LogP contribution in [0, 0.1) is 6.92 Å². The second-order valence-electron chi connectivity index (χ2n) is 4.41. The molecule has 0 saturated heterocycles. The summed E-state index contributed by atoms with van der Waals surface area (Å²) in [6, 6.07) is 8.71. The van der Waals surface area contributed by atoms with E-state index in [-0.39, 0.29) is 0 Å². The lowest BCUT2D eigenvalue weighted by Gasteiger charge is -2.11. The fraction of sp³-hybridized carbons (Fsp3) is 0.357. The third-order valence-corrected chi connectivity index (χ3v) is 3.05. The van der Waals surface area contributed by atoms with Crippen LogP contribution >= 0.6 is 0 Å². The van der Waals surface area contributed by atoms with Crippen molar-refractivity contribution in [3.8, 4) is 0 Å². The lowest BCUT2D eigenvalue weighted by Crippen LogP contribution is -2.04. The zero-order chi connectivity index (χ0) is 11.5. The highest BCUT2D eigenvalue weighted by atomic mass is 14.6. The van der Waals surface area contributed by atoms with Crippen LogP contribution in [0.4, 0.5) is 0 Å². The molecule has 2 aromatic rings. The Morgan fingerprint density at radius 2 is 2.06 bits per heavy atom. The van der Waals surface area contributed by atoms with Gasteiger partial charge in [0.2, 0.25) is 0 Å². The molecule has 1 unspecified atom stereocenters. The highest BCUT2D eigenvalue weighted by molar-refractivity contribution is 5.82. The zero-order valence-corrected chi connectivity index (χ0v) is 9.90. The molecule has 2 N–H and O–H groups in total. The molecule has 1 atom stereocenters. The first-order chi connectivity index (χ1) is 7.70. The summed E-state index contributed by atoms with van der Waals surface area (Å²) in [5, 5.41) is 2.48. The number of aryl methyl sites for hydroxylation is 1. The van der Waals surface area contributed by atoms with Crippen molar-refractivity contribution in [3.63, 3.8) is 0 Å². The number of nitrogens with zero attached hydrogens (tertiary/aromatic N) is 1. The molecule has 2 heteroatoms. The van der Waals surface area contributed by atoms with Crippen molar-refractivity contribution >= 4 is 10.8 Å². The highest BCUT2D eigenvalue weighted by Gasteiger charge is 2.05. The molecule has 1 aromatic heterocycles. The van der Waals surface area contributed by atoms with E-state index in [1.54, 1.807) is 0 Å². The number of nitrogens with two attached hydrogens (primary N) is 1. The van der Waals surface area contributed by atoms with Crippen molar-refractivity contribution in [1.29, 1.82) is 0 Å². The quantitative estimate of drug-likeness (QED) is 0.853. The predicted octanol–water partition coefficient (Wildman–Crippen LogP) is 3.00. The second-order valence-corrected chi connectivity index (χ2v) is 4.41. The molecular weight excluding hydrogens is 196 g/mol. The Morgan fingerprint density at radius 3 is 2.81 bits per heavy atom. The summed E-state index contributed by atoms with van der Waals surface area (Å²) in [7, 11) is 0. The molecule has 0 fully saturated rings. The predicted molar refractivity (Wildman–Crippen MR) is 68.6 cm³/mol. The van der Waals surface area contributed by atoms with Crippen molar-refractivity contribution in [3.05, 3.63) is 41.7 Å².